The predicted octanol–water partition coefficient (Wildman–Crippen LogP) is 0.914. The van der Waals surface area contributed by atoms with Crippen molar-refractivity contribution in [1.82, 2.24) is 5.32 Å². The second-order valence-electron chi connectivity index (χ2n) is 3.12. The van der Waals surface area contributed by atoms with E-state index in [0.29, 0.717) is 22.7 Å². The van der Waals surface area contributed by atoms with Crippen LogP contribution in [0, 0.1) is 6.92 Å². The van der Waals surface area contributed by atoms with Gasteiger partial charge in [0, 0.05) is 12.7 Å². The minimum Gasteiger partial charge on any atom is -0.387 e. The van der Waals surface area contributed by atoms with Gasteiger partial charge in [0.1, 0.15) is 5.00 Å². The number of nitrogens with one attached hydrogen (secondary N) is 2. The van der Waals surface area contributed by atoms with E-state index in [-0.39, 0.29) is 0 Å². The minimum atomic E-state index is -0.562. The third-order valence-electron chi connectivity index (χ3n) is 2.16. The number of primary amides is 1. The van der Waals surface area contributed by atoms with Gasteiger partial charge in [-0.15, -0.1) is 11.3 Å². The molecule has 0 saturated carbocycles. The molecule has 2 amide bonds. The summed E-state index contributed by atoms with van der Waals surface area (Å²) in [6, 6.07) is 0. The van der Waals surface area contributed by atoms with Crippen LogP contribution in [-0.4, -0.2) is 19.4 Å². The summed E-state index contributed by atoms with van der Waals surface area (Å²) in [6.07, 6.45) is 0.517. The van der Waals surface area contributed by atoms with E-state index in [1.54, 1.807) is 14.0 Å². The molecule has 16 heavy (non-hydrogen) atoms. The smallest absolute Gasteiger partial charge is 0.251 e. The van der Waals surface area contributed by atoms with Crippen LogP contribution in [0.3, 0.4) is 0 Å². The Bertz CT molecular complexity index is 451. The number of hydrogen-bond donors (Lipinski definition) is 3. The largest absolute Gasteiger partial charge is 0.387 e. The molecule has 0 spiro atoms. The summed E-state index contributed by atoms with van der Waals surface area (Å²) < 4.78 is 0. The van der Waals surface area contributed by atoms with Gasteiger partial charge in [-0.25, -0.2) is 0 Å². The van der Waals surface area contributed by atoms with E-state index >= 15 is 0 Å². The number of anilines is 1. The molecule has 1 heterocycles. The van der Waals surface area contributed by atoms with E-state index in [9.17, 15) is 9.59 Å². The lowest BCUT2D eigenvalue weighted by atomic mass is 10.1. The van der Waals surface area contributed by atoms with Crippen molar-refractivity contribution >= 4 is 34.4 Å². The van der Waals surface area contributed by atoms with Gasteiger partial charge in [-0.1, -0.05) is 6.58 Å². The Morgan fingerprint density at radius 3 is 2.62 bits per heavy atom. The molecule has 4 N–H and O–H groups in total. The average Bonchev–Trinajstić information content (AvgIpc) is 2.55. The first-order valence-corrected chi connectivity index (χ1v) is 5.35. The highest BCUT2D eigenvalue weighted by molar-refractivity contribution is 7.18. The molecule has 0 fully saturated rings. The van der Waals surface area contributed by atoms with Gasteiger partial charge < -0.3 is 16.4 Å². The summed E-state index contributed by atoms with van der Waals surface area (Å²) >= 11 is 1.27. The second kappa shape index (κ2) is 4.80. The molecule has 0 aliphatic carbocycles. The van der Waals surface area contributed by atoms with E-state index in [4.69, 9.17) is 5.73 Å². The predicted molar refractivity (Wildman–Crippen MR) is 65.4 cm³/mol. The SMILES string of the molecule is C=C(NC)c1sc(NC=O)c(C(N)=O)c1C. The Labute approximate surface area is 97.3 Å². The van der Waals surface area contributed by atoms with Gasteiger partial charge in [-0.05, 0) is 12.5 Å². The topological polar surface area (TPSA) is 84.2 Å². The van der Waals surface area contributed by atoms with Gasteiger partial charge in [0.05, 0.1) is 10.4 Å². The summed E-state index contributed by atoms with van der Waals surface area (Å²) in [5, 5.41) is 5.81. The van der Waals surface area contributed by atoms with E-state index in [2.05, 4.69) is 17.2 Å². The maximum absolute atomic E-state index is 11.3. The molecular weight excluding hydrogens is 226 g/mol. The lowest BCUT2D eigenvalue weighted by Crippen LogP contribution is -2.14. The third kappa shape index (κ3) is 2.06. The Balaban J connectivity index is 3.34. The van der Waals surface area contributed by atoms with E-state index in [1.165, 1.54) is 11.3 Å². The van der Waals surface area contributed by atoms with Crippen molar-refractivity contribution in [2.45, 2.75) is 6.92 Å². The molecule has 5 nitrogen and oxygen atoms in total. The molecule has 0 aliphatic rings. The van der Waals surface area contributed by atoms with Crippen LogP contribution >= 0.6 is 11.3 Å². The highest BCUT2D eigenvalue weighted by Gasteiger charge is 2.19. The van der Waals surface area contributed by atoms with Gasteiger partial charge >= 0.3 is 0 Å². The van der Waals surface area contributed by atoms with Crippen LogP contribution in [0.1, 0.15) is 20.8 Å². The molecule has 86 valence electrons. The van der Waals surface area contributed by atoms with Gasteiger partial charge in [-0.3, -0.25) is 9.59 Å². The monoisotopic (exact) mass is 239 g/mol. The van der Waals surface area contributed by atoms with Crippen molar-refractivity contribution in [3.05, 3.63) is 22.6 Å². The van der Waals surface area contributed by atoms with Crippen LogP contribution in [-0.2, 0) is 4.79 Å². The number of amides is 2. The first kappa shape index (κ1) is 12.3. The van der Waals surface area contributed by atoms with Crippen molar-refractivity contribution in [2.24, 2.45) is 5.73 Å². The summed E-state index contributed by atoms with van der Waals surface area (Å²) in [6.45, 7) is 5.58. The molecule has 1 aromatic heterocycles. The van der Waals surface area contributed by atoms with Crippen LogP contribution in [0.25, 0.3) is 5.70 Å². The Kier molecular flexibility index (Phi) is 3.68. The molecule has 0 aliphatic heterocycles. The number of rotatable bonds is 5. The number of nitrogens with two attached hydrogens (primary N) is 1. The molecule has 0 unspecified atom stereocenters. The van der Waals surface area contributed by atoms with Crippen molar-refractivity contribution in [3.63, 3.8) is 0 Å². The van der Waals surface area contributed by atoms with Crippen molar-refractivity contribution < 1.29 is 9.59 Å². The molecule has 0 aromatic carbocycles. The zero-order chi connectivity index (χ0) is 12.3. The van der Waals surface area contributed by atoms with Crippen LogP contribution in [0.5, 0.6) is 0 Å². The van der Waals surface area contributed by atoms with Crippen molar-refractivity contribution in [3.8, 4) is 0 Å². The zero-order valence-electron chi connectivity index (χ0n) is 9.09. The normalized spacial score (nSPS) is 9.62. The molecule has 1 aromatic rings. The highest BCUT2D eigenvalue weighted by atomic mass is 32.1. The van der Waals surface area contributed by atoms with Gasteiger partial charge in [-0.2, -0.15) is 0 Å². The molecule has 0 radical (unpaired) electrons. The molecule has 0 bridgehead atoms. The number of hydrogen-bond acceptors (Lipinski definition) is 4. The summed E-state index contributed by atoms with van der Waals surface area (Å²) in [7, 11) is 1.73. The number of thiophene rings is 1. The van der Waals surface area contributed by atoms with E-state index in [1.807, 2.05) is 0 Å². The minimum absolute atomic E-state index is 0.337. The Morgan fingerprint density at radius 2 is 2.19 bits per heavy atom. The van der Waals surface area contributed by atoms with E-state index in [0.717, 1.165) is 10.4 Å². The summed E-state index contributed by atoms with van der Waals surface area (Å²) in [4.78, 5) is 22.5. The first-order chi connectivity index (χ1) is 7.52. The van der Waals surface area contributed by atoms with Gasteiger partial charge in [0.2, 0.25) is 6.41 Å². The zero-order valence-corrected chi connectivity index (χ0v) is 9.90. The summed E-state index contributed by atoms with van der Waals surface area (Å²) in [5.41, 5.74) is 7.01. The fraction of sp³-hybridized carbons (Fsp3) is 0.200. The fourth-order valence-electron chi connectivity index (χ4n) is 1.37. The average molecular weight is 239 g/mol. The maximum atomic E-state index is 11.3. The lowest BCUT2D eigenvalue weighted by Gasteiger charge is -2.02. The summed E-state index contributed by atoms with van der Waals surface area (Å²) in [5.74, 6) is -0.562. The molecule has 0 atom stereocenters. The molecular formula is C10H13N3O2S. The first-order valence-electron chi connectivity index (χ1n) is 4.53. The number of carbonyl (C=O) groups is 2. The lowest BCUT2D eigenvalue weighted by molar-refractivity contribution is -0.105. The quantitative estimate of drug-likeness (QED) is 0.668. The van der Waals surface area contributed by atoms with Crippen LogP contribution in [0.2, 0.25) is 0 Å². The Morgan fingerprint density at radius 1 is 1.56 bits per heavy atom. The molecule has 1 rings (SSSR count). The Hall–Kier alpha value is -1.82. The maximum Gasteiger partial charge on any atom is 0.251 e. The van der Waals surface area contributed by atoms with Crippen LogP contribution < -0.4 is 16.4 Å². The van der Waals surface area contributed by atoms with Gasteiger partial charge in [0.25, 0.3) is 5.91 Å². The molecule has 0 saturated heterocycles. The highest BCUT2D eigenvalue weighted by Crippen LogP contribution is 2.35. The fourth-order valence-corrected chi connectivity index (χ4v) is 2.51. The third-order valence-corrected chi connectivity index (χ3v) is 3.44. The van der Waals surface area contributed by atoms with Crippen LogP contribution in [0.4, 0.5) is 5.00 Å². The van der Waals surface area contributed by atoms with Crippen LogP contribution in [0.15, 0.2) is 6.58 Å². The number of carbonyl (C=O) groups excluding carboxylic acids is 2. The van der Waals surface area contributed by atoms with Crippen molar-refractivity contribution in [2.75, 3.05) is 12.4 Å². The molecule has 6 heteroatoms. The van der Waals surface area contributed by atoms with Crippen molar-refractivity contribution in [1.29, 1.82) is 0 Å². The second-order valence-corrected chi connectivity index (χ2v) is 4.14. The van der Waals surface area contributed by atoms with Gasteiger partial charge in [0.15, 0.2) is 0 Å². The standard InChI is InChI=1S/C10H13N3O2S/c1-5-7(9(11)15)10(13-4-14)16-8(5)6(2)12-3/h4,12H,2H2,1,3H3,(H2,11,15)(H,13,14). The van der Waals surface area contributed by atoms with E-state index < -0.39 is 5.91 Å².